The summed E-state index contributed by atoms with van der Waals surface area (Å²) in [5, 5.41) is 7.09. The Morgan fingerprint density at radius 2 is 1.71 bits per heavy atom. The Morgan fingerprint density at radius 3 is 2.43 bits per heavy atom. The van der Waals surface area contributed by atoms with Gasteiger partial charge in [-0.05, 0) is 23.8 Å². The van der Waals surface area contributed by atoms with E-state index in [0.29, 0.717) is 0 Å². The Morgan fingerprint density at radius 1 is 1.00 bits per heavy atom. The van der Waals surface area contributed by atoms with Gasteiger partial charge in [-0.2, -0.15) is 0 Å². The van der Waals surface area contributed by atoms with Crippen molar-refractivity contribution in [3.05, 3.63) is 48.0 Å². The van der Waals surface area contributed by atoms with Gasteiger partial charge >= 0.3 is 0 Å². The predicted molar refractivity (Wildman–Crippen MR) is 92.1 cm³/mol. The lowest BCUT2D eigenvalue weighted by Crippen LogP contribution is -2.16. The van der Waals surface area contributed by atoms with Crippen LogP contribution < -0.4 is 5.32 Å². The third-order valence-electron chi connectivity index (χ3n) is 3.86. The molecule has 0 aliphatic rings. The van der Waals surface area contributed by atoms with Crippen molar-refractivity contribution in [2.75, 3.05) is 11.9 Å². The molecular weight excluding hydrogens is 256 g/mol. The van der Waals surface area contributed by atoms with E-state index in [4.69, 9.17) is 4.98 Å². The lowest BCUT2D eigenvalue weighted by molar-refractivity contribution is 0.590. The molecule has 1 aromatic heterocycles. The number of nitrogens with one attached hydrogen (secondary N) is 1. The van der Waals surface area contributed by atoms with Gasteiger partial charge in [0.25, 0.3) is 0 Å². The van der Waals surface area contributed by atoms with E-state index in [1.165, 1.54) is 21.7 Å². The fourth-order valence-electron chi connectivity index (χ4n) is 2.78. The summed E-state index contributed by atoms with van der Waals surface area (Å²) in [7, 11) is 0. The predicted octanol–water partition coefficient (Wildman–Crippen LogP) is 5.12. The average molecular weight is 278 g/mol. The van der Waals surface area contributed by atoms with E-state index in [0.717, 1.165) is 17.9 Å². The fraction of sp³-hybridized carbons (Fsp3) is 0.316. The van der Waals surface area contributed by atoms with Crippen LogP contribution in [-0.2, 0) is 5.41 Å². The topological polar surface area (TPSA) is 24.9 Å². The third kappa shape index (κ3) is 2.46. The van der Waals surface area contributed by atoms with E-state index in [2.05, 4.69) is 75.5 Å². The van der Waals surface area contributed by atoms with Gasteiger partial charge in [0.05, 0.1) is 5.52 Å². The standard InChI is InChI=1S/C19H22N2/c1-5-20-18-16(19(2,3)4)12-14-11-10-13-8-6-7-9-15(13)17(14)21-18/h6-12H,5H2,1-4H3,(H,20,21). The molecular formula is C19H22N2. The summed E-state index contributed by atoms with van der Waals surface area (Å²) in [4.78, 5) is 4.95. The Labute approximate surface area is 126 Å². The van der Waals surface area contributed by atoms with Crippen molar-refractivity contribution in [1.29, 1.82) is 0 Å². The van der Waals surface area contributed by atoms with Gasteiger partial charge in [-0.1, -0.05) is 57.2 Å². The summed E-state index contributed by atoms with van der Waals surface area (Å²) in [6.45, 7) is 9.70. The van der Waals surface area contributed by atoms with E-state index >= 15 is 0 Å². The SMILES string of the molecule is CCNc1nc2c(ccc3ccccc32)cc1C(C)(C)C. The second-order valence-corrected chi connectivity index (χ2v) is 6.52. The van der Waals surface area contributed by atoms with Crippen LogP contribution in [-0.4, -0.2) is 11.5 Å². The minimum Gasteiger partial charge on any atom is -0.370 e. The van der Waals surface area contributed by atoms with Crippen molar-refractivity contribution in [1.82, 2.24) is 4.98 Å². The Balaban J connectivity index is 2.37. The van der Waals surface area contributed by atoms with Crippen molar-refractivity contribution in [2.45, 2.75) is 33.1 Å². The second-order valence-electron chi connectivity index (χ2n) is 6.52. The van der Waals surface area contributed by atoms with Crippen molar-refractivity contribution < 1.29 is 0 Å². The first-order valence-electron chi connectivity index (χ1n) is 7.57. The molecule has 1 heterocycles. The minimum atomic E-state index is 0.0737. The van der Waals surface area contributed by atoms with Crippen LogP contribution in [0.25, 0.3) is 21.7 Å². The molecule has 3 rings (SSSR count). The fourth-order valence-corrected chi connectivity index (χ4v) is 2.78. The number of benzene rings is 2. The van der Waals surface area contributed by atoms with Gasteiger partial charge in [-0.3, -0.25) is 0 Å². The van der Waals surface area contributed by atoms with Crippen LogP contribution in [0, 0.1) is 0 Å². The largest absolute Gasteiger partial charge is 0.370 e. The van der Waals surface area contributed by atoms with Crippen molar-refractivity contribution >= 4 is 27.5 Å². The normalized spacial score (nSPS) is 12.0. The number of fused-ring (bicyclic) bond motifs is 3. The molecule has 108 valence electrons. The molecule has 0 aliphatic carbocycles. The van der Waals surface area contributed by atoms with Gasteiger partial charge in [0.2, 0.25) is 0 Å². The quantitative estimate of drug-likeness (QED) is 0.658. The molecule has 21 heavy (non-hydrogen) atoms. The molecule has 3 aromatic rings. The lowest BCUT2D eigenvalue weighted by Gasteiger charge is -2.23. The van der Waals surface area contributed by atoms with Crippen LogP contribution in [0.4, 0.5) is 5.82 Å². The molecule has 0 saturated heterocycles. The van der Waals surface area contributed by atoms with Gasteiger partial charge in [0.1, 0.15) is 5.82 Å². The molecule has 2 heteroatoms. The van der Waals surface area contributed by atoms with Gasteiger partial charge in [-0.25, -0.2) is 4.98 Å². The number of anilines is 1. The van der Waals surface area contributed by atoms with Crippen LogP contribution in [0.5, 0.6) is 0 Å². The second kappa shape index (κ2) is 5.03. The van der Waals surface area contributed by atoms with E-state index in [1.54, 1.807) is 0 Å². The minimum absolute atomic E-state index is 0.0737. The zero-order valence-electron chi connectivity index (χ0n) is 13.2. The molecule has 2 aromatic carbocycles. The average Bonchev–Trinajstić information content (AvgIpc) is 2.46. The Kier molecular flexibility index (Phi) is 3.32. The smallest absolute Gasteiger partial charge is 0.130 e. The Bertz CT molecular complexity index is 798. The lowest BCUT2D eigenvalue weighted by atomic mass is 9.86. The van der Waals surface area contributed by atoms with Crippen LogP contribution in [0.3, 0.4) is 0 Å². The molecule has 0 fully saturated rings. The van der Waals surface area contributed by atoms with E-state index in [1.807, 2.05) is 0 Å². The molecule has 0 atom stereocenters. The van der Waals surface area contributed by atoms with Gasteiger partial charge in [-0.15, -0.1) is 0 Å². The first-order chi connectivity index (χ1) is 10.0. The van der Waals surface area contributed by atoms with Crippen LogP contribution >= 0.6 is 0 Å². The van der Waals surface area contributed by atoms with Crippen molar-refractivity contribution in [2.24, 2.45) is 0 Å². The highest BCUT2D eigenvalue weighted by atomic mass is 15.0. The van der Waals surface area contributed by atoms with E-state index < -0.39 is 0 Å². The summed E-state index contributed by atoms with van der Waals surface area (Å²) in [5.74, 6) is 1.01. The van der Waals surface area contributed by atoms with E-state index in [9.17, 15) is 0 Å². The van der Waals surface area contributed by atoms with Crippen LogP contribution in [0.1, 0.15) is 33.3 Å². The molecule has 0 spiro atoms. The summed E-state index contributed by atoms with van der Waals surface area (Å²) in [5.41, 5.74) is 2.42. The summed E-state index contributed by atoms with van der Waals surface area (Å²) < 4.78 is 0. The molecule has 1 N–H and O–H groups in total. The number of hydrogen-bond acceptors (Lipinski definition) is 2. The number of nitrogens with zero attached hydrogens (tertiary/aromatic N) is 1. The van der Waals surface area contributed by atoms with Crippen LogP contribution in [0.15, 0.2) is 42.5 Å². The maximum atomic E-state index is 4.95. The molecule has 0 amide bonds. The Hall–Kier alpha value is -2.09. The number of rotatable bonds is 2. The zero-order chi connectivity index (χ0) is 15.0. The maximum Gasteiger partial charge on any atom is 0.130 e. The zero-order valence-corrected chi connectivity index (χ0v) is 13.2. The number of pyridine rings is 1. The summed E-state index contributed by atoms with van der Waals surface area (Å²) >= 11 is 0. The molecule has 2 nitrogen and oxygen atoms in total. The highest BCUT2D eigenvalue weighted by molar-refractivity contribution is 6.05. The first kappa shape index (κ1) is 13.9. The van der Waals surface area contributed by atoms with Gasteiger partial charge in [0, 0.05) is 22.9 Å². The van der Waals surface area contributed by atoms with Crippen molar-refractivity contribution in [3.63, 3.8) is 0 Å². The highest BCUT2D eigenvalue weighted by Crippen LogP contribution is 2.33. The number of aromatic nitrogens is 1. The molecule has 0 unspecified atom stereocenters. The van der Waals surface area contributed by atoms with E-state index in [-0.39, 0.29) is 5.41 Å². The molecule has 0 saturated carbocycles. The number of hydrogen-bond donors (Lipinski definition) is 1. The van der Waals surface area contributed by atoms with Gasteiger partial charge < -0.3 is 5.32 Å². The van der Waals surface area contributed by atoms with Crippen molar-refractivity contribution in [3.8, 4) is 0 Å². The monoisotopic (exact) mass is 278 g/mol. The first-order valence-corrected chi connectivity index (χ1v) is 7.57. The molecule has 0 bridgehead atoms. The third-order valence-corrected chi connectivity index (χ3v) is 3.86. The van der Waals surface area contributed by atoms with Crippen LogP contribution in [0.2, 0.25) is 0 Å². The molecule has 0 radical (unpaired) electrons. The van der Waals surface area contributed by atoms with Gasteiger partial charge in [0.15, 0.2) is 0 Å². The summed E-state index contributed by atoms with van der Waals surface area (Å²) in [6, 6.07) is 15.1. The maximum absolute atomic E-state index is 4.95. The highest BCUT2D eigenvalue weighted by Gasteiger charge is 2.20. The molecule has 0 aliphatic heterocycles. The summed E-state index contributed by atoms with van der Waals surface area (Å²) in [6.07, 6.45) is 0.